The van der Waals surface area contributed by atoms with E-state index in [0.29, 0.717) is 0 Å². The van der Waals surface area contributed by atoms with E-state index in [9.17, 15) is 4.79 Å². The Morgan fingerprint density at radius 3 is 1.71 bits per heavy atom. The first-order chi connectivity index (χ1) is 2.27. The summed E-state index contributed by atoms with van der Waals surface area (Å²) in [7, 11) is 0. The molecule has 3 N–H and O–H groups in total. The van der Waals surface area contributed by atoms with Crippen molar-refractivity contribution < 1.29 is 48.9 Å². The van der Waals surface area contributed by atoms with Crippen molar-refractivity contribution in [3.8, 4) is 0 Å². The molecule has 34 valence electrons. The van der Waals surface area contributed by atoms with Crippen LogP contribution in [-0.2, 0) is 43.8 Å². The Balaban J connectivity index is -0.0000000800. The molecule has 0 amide bonds. The van der Waals surface area contributed by atoms with Crippen LogP contribution < -0.4 is 5.73 Å². The second-order valence-corrected chi connectivity index (χ2v) is 0.598. The van der Waals surface area contributed by atoms with Gasteiger partial charge in [-0.05, 0) is 0 Å². The fourth-order valence-electron chi connectivity index (χ4n) is 0. The van der Waals surface area contributed by atoms with Gasteiger partial charge in [-0.3, -0.25) is 4.79 Å². The molecule has 0 aromatic carbocycles. The molecule has 3 nitrogen and oxygen atoms in total. The summed E-state index contributed by atoms with van der Waals surface area (Å²) in [6.07, 6.45) is 0. The zero-order chi connectivity index (χ0) is 4.28. The number of hydrogen-bond acceptors (Lipinski definition) is 2. The molecular formula is C2H5NO2Zn2. The van der Waals surface area contributed by atoms with Crippen LogP contribution in [0.25, 0.3) is 0 Å². The maximum absolute atomic E-state index is 9.24. The summed E-state index contributed by atoms with van der Waals surface area (Å²) in [5.41, 5.74) is 4.57. The zero-order valence-corrected chi connectivity index (χ0v) is 9.99. The first-order valence-corrected chi connectivity index (χ1v) is 1.19. The van der Waals surface area contributed by atoms with E-state index in [1.807, 2.05) is 0 Å². The summed E-state index contributed by atoms with van der Waals surface area (Å²) in [6, 6.07) is 0. The van der Waals surface area contributed by atoms with Gasteiger partial charge in [0.1, 0.15) is 0 Å². The van der Waals surface area contributed by atoms with Gasteiger partial charge in [0.25, 0.3) is 0 Å². The molecule has 0 aromatic heterocycles. The number of carbonyl (C=O) groups is 1. The minimum absolute atomic E-state index is 0. The summed E-state index contributed by atoms with van der Waals surface area (Å²) < 4.78 is 0. The molecule has 0 bridgehead atoms. The van der Waals surface area contributed by atoms with E-state index >= 15 is 0 Å². The summed E-state index contributed by atoms with van der Waals surface area (Å²) >= 11 is 0. The molecule has 0 heterocycles. The first kappa shape index (κ1) is 15.6. The standard InChI is InChI=1S/C2H5NO2.2Zn/c3-1-2(4)5;;/h1,3H2,(H,4,5);;. The van der Waals surface area contributed by atoms with Gasteiger partial charge in [-0.25, -0.2) is 0 Å². The van der Waals surface area contributed by atoms with Crippen LogP contribution in [0.2, 0.25) is 0 Å². The largest absolute Gasteiger partial charge is 0.480 e. The minimum atomic E-state index is -0.968. The third kappa shape index (κ3) is 20.4. The molecule has 0 spiro atoms. The first-order valence-electron chi connectivity index (χ1n) is 1.19. The van der Waals surface area contributed by atoms with Crippen LogP contribution in [0.3, 0.4) is 0 Å². The number of aliphatic carboxylic acids is 1. The second kappa shape index (κ2) is 9.84. The Kier molecular flexibility index (Phi) is 22.0. The minimum Gasteiger partial charge on any atom is -0.480 e. The summed E-state index contributed by atoms with van der Waals surface area (Å²) in [5, 5.41) is 7.60. The van der Waals surface area contributed by atoms with Gasteiger partial charge in [0.05, 0.1) is 6.54 Å². The second-order valence-electron chi connectivity index (χ2n) is 0.598. The molecule has 5 heteroatoms. The SMILES string of the molecule is NCC(=O)O.[Zn].[Zn]. The Bertz CT molecular complexity index is 49.0. The van der Waals surface area contributed by atoms with Crippen molar-refractivity contribution in [2.75, 3.05) is 6.54 Å². The van der Waals surface area contributed by atoms with Crippen molar-refractivity contribution in [1.29, 1.82) is 0 Å². The quantitative estimate of drug-likeness (QED) is 0.542. The van der Waals surface area contributed by atoms with Crippen LogP contribution in [0.4, 0.5) is 0 Å². The van der Waals surface area contributed by atoms with Crippen LogP contribution in [0.5, 0.6) is 0 Å². The van der Waals surface area contributed by atoms with Crippen molar-refractivity contribution in [1.82, 2.24) is 0 Å². The number of hydrogen-bond donors (Lipinski definition) is 2. The van der Waals surface area contributed by atoms with Gasteiger partial charge >= 0.3 is 5.97 Å². The topological polar surface area (TPSA) is 63.3 Å². The van der Waals surface area contributed by atoms with Gasteiger partial charge < -0.3 is 10.8 Å². The molecule has 0 saturated heterocycles. The van der Waals surface area contributed by atoms with Gasteiger partial charge in [0.2, 0.25) is 0 Å². The smallest absolute Gasteiger partial charge is 0.317 e. The Hall–Kier alpha value is 0.677. The molecule has 0 aliphatic carbocycles. The molecular weight excluding hydrogens is 201 g/mol. The molecule has 0 saturated carbocycles. The van der Waals surface area contributed by atoms with Crippen molar-refractivity contribution >= 4 is 5.97 Å². The van der Waals surface area contributed by atoms with Gasteiger partial charge in [-0.2, -0.15) is 0 Å². The van der Waals surface area contributed by atoms with E-state index in [2.05, 4.69) is 5.73 Å². The predicted molar refractivity (Wildman–Crippen MR) is 16.7 cm³/mol. The summed E-state index contributed by atoms with van der Waals surface area (Å²) in [4.78, 5) is 9.24. The fourth-order valence-corrected chi connectivity index (χ4v) is 0. The fraction of sp³-hybridized carbons (Fsp3) is 0.500. The van der Waals surface area contributed by atoms with Crippen molar-refractivity contribution in [3.05, 3.63) is 0 Å². The van der Waals surface area contributed by atoms with Gasteiger partial charge in [-0.15, -0.1) is 0 Å². The number of rotatable bonds is 1. The van der Waals surface area contributed by atoms with Gasteiger partial charge in [0.15, 0.2) is 0 Å². The third-order valence-electron chi connectivity index (χ3n) is 0.175. The normalized spacial score (nSPS) is 5.29. The Morgan fingerprint density at radius 2 is 1.71 bits per heavy atom. The van der Waals surface area contributed by atoms with Crippen LogP contribution in [0.15, 0.2) is 0 Å². The van der Waals surface area contributed by atoms with Crippen molar-refractivity contribution in [2.24, 2.45) is 5.73 Å². The van der Waals surface area contributed by atoms with E-state index in [1.54, 1.807) is 0 Å². The van der Waals surface area contributed by atoms with Gasteiger partial charge in [0, 0.05) is 39.0 Å². The Labute approximate surface area is 67.2 Å². The zero-order valence-electron chi connectivity index (χ0n) is 4.05. The van der Waals surface area contributed by atoms with E-state index in [-0.39, 0.29) is 45.5 Å². The van der Waals surface area contributed by atoms with E-state index in [1.165, 1.54) is 0 Å². The molecule has 0 rings (SSSR count). The third-order valence-corrected chi connectivity index (χ3v) is 0.175. The average Bonchev–Trinajstić information content (AvgIpc) is 1.38. The van der Waals surface area contributed by atoms with E-state index in [0.717, 1.165) is 0 Å². The van der Waals surface area contributed by atoms with Crippen molar-refractivity contribution in [3.63, 3.8) is 0 Å². The van der Waals surface area contributed by atoms with Crippen molar-refractivity contribution in [2.45, 2.75) is 0 Å². The van der Waals surface area contributed by atoms with Crippen LogP contribution in [0, 0.1) is 0 Å². The molecule has 7 heavy (non-hydrogen) atoms. The molecule has 0 aliphatic rings. The van der Waals surface area contributed by atoms with Gasteiger partial charge in [-0.1, -0.05) is 0 Å². The number of carboxylic acids is 1. The molecule has 0 aromatic rings. The van der Waals surface area contributed by atoms with Crippen LogP contribution >= 0.6 is 0 Å². The maximum atomic E-state index is 9.24. The molecule has 0 unspecified atom stereocenters. The number of nitrogens with two attached hydrogens (primary N) is 1. The summed E-state index contributed by atoms with van der Waals surface area (Å²) in [6.45, 7) is -0.278. The molecule has 0 fully saturated rings. The van der Waals surface area contributed by atoms with Crippen LogP contribution in [-0.4, -0.2) is 17.6 Å². The monoisotopic (exact) mass is 203 g/mol. The molecule has 0 atom stereocenters. The van der Waals surface area contributed by atoms with Crippen LogP contribution in [0.1, 0.15) is 0 Å². The van der Waals surface area contributed by atoms with E-state index in [4.69, 9.17) is 5.11 Å². The van der Waals surface area contributed by atoms with E-state index < -0.39 is 5.97 Å². The Morgan fingerprint density at radius 1 is 1.57 bits per heavy atom. The molecule has 0 radical (unpaired) electrons. The maximum Gasteiger partial charge on any atom is 0.317 e. The molecule has 0 aliphatic heterocycles. The summed E-state index contributed by atoms with van der Waals surface area (Å²) in [5.74, 6) is -0.968. The average molecular weight is 206 g/mol. The predicted octanol–water partition coefficient (Wildman–Crippen LogP) is -0.975. The number of carboxylic acid groups (broad SMARTS) is 1.